The van der Waals surface area contributed by atoms with Crippen LogP contribution < -0.4 is 10.5 Å². The molecule has 0 amide bonds. The molecule has 1 aliphatic heterocycles. The number of aromatic nitrogens is 1. The van der Waals surface area contributed by atoms with Gasteiger partial charge in [-0.2, -0.15) is 0 Å². The van der Waals surface area contributed by atoms with E-state index in [-0.39, 0.29) is 12.1 Å². The fourth-order valence-corrected chi connectivity index (χ4v) is 3.05. The third-order valence-corrected chi connectivity index (χ3v) is 4.14. The lowest BCUT2D eigenvalue weighted by atomic mass is 10.1. The highest BCUT2D eigenvalue weighted by Crippen LogP contribution is 2.37. The molecule has 2 heterocycles. The Labute approximate surface area is 110 Å². The number of nitrogens with zero attached hydrogens (tertiary/aromatic N) is 1. The molecule has 0 saturated heterocycles. The molecule has 0 fully saturated rings. The van der Waals surface area contributed by atoms with E-state index in [0.717, 1.165) is 17.1 Å². The molecule has 0 spiro atoms. The number of nitrogens with two attached hydrogens (primary N) is 1. The van der Waals surface area contributed by atoms with Crippen LogP contribution >= 0.6 is 11.8 Å². The maximum Gasteiger partial charge on any atom is 0.133 e. The Kier molecular flexibility index (Phi) is 3.21. The van der Waals surface area contributed by atoms with Gasteiger partial charge in [0.05, 0.1) is 6.04 Å². The second-order valence-electron chi connectivity index (χ2n) is 4.23. The minimum Gasteiger partial charge on any atom is -0.486 e. The van der Waals surface area contributed by atoms with Gasteiger partial charge in [0.15, 0.2) is 0 Å². The van der Waals surface area contributed by atoms with Crippen LogP contribution in [0.5, 0.6) is 5.75 Å². The number of ether oxygens (including phenoxy) is 1. The van der Waals surface area contributed by atoms with Crippen molar-refractivity contribution in [3.63, 3.8) is 0 Å². The van der Waals surface area contributed by atoms with E-state index in [9.17, 15) is 0 Å². The van der Waals surface area contributed by atoms with Gasteiger partial charge in [-0.25, -0.2) is 0 Å². The predicted octanol–water partition coefficient (Wildman–Crippen LogP) is 2.63. The highest BCUT2D eigenvalue weighted by atomic mass is 32.2. The van der Waals surface area contributed by atoms with Crippen LogP contribution in [0.25, 0.3) is 0 Å². The molecule has 0 bridgehead atoms. The third kappa shape index (κ3) is 2.21. The molecular formula is C14H14N2OS. The summed E-state index contributed by atoms with van der Waals surface area (Å²) in [7, 11) is 0. The van der Waals surface area contributed by atoms with Gasteiger partial charge in [-0.1, -0.05) is 18.2 Å². The van der Waals surface area contributed by atoms with Gasteiger partial charge in [-0.3, -0.25) is 4.98 Å². The highest BCUT2D eigenvalue weighted by Gasteiger charge is 2.26. The molecule has 2 N–H and O–H groups in total. The van der Waals surface area contributed by atoms with E-state index >= 15 is 0 Å². The number of pyridine rings is 1. The van der Waals surface area contributed by atoms with Crippen molar-refractivity contribution >= 4 is 11.8 Å². The van der Waals surface area contributed by atoms with Gasteiger partial charge in [0, 0.05) is 23.0 Å². The summed E-state index contributed by atoms with van der Waals surface area (Å²) in [5.74, 6) is 1.80. The van der Waals surface area contributed by atoms with E-state index in [1.165, 1.54) is 4.90 Å². The van der Waals surface area contributed by atoms with Crippen LogP contribution in [0.2, 0.25) is 0 Å². The van der Waals surface area contributed by atoms with E-state index in [0.29, 0.717) is 0 Å². The van der Waals surface area contributed by atoms with Crippen molar-refractivity contribution in [1.82, 2.24) is 4.98 Å². The fraction of sp³-hybridized carbons (Fsp3) is 0.214. The average molecular weight is 258 g/mol. The second-order valence-corrected chi connectivity index (χ2v) is 5.29. The summed E-state index contributed by atoms with van der Waals surface area (Å²) in [6.45, 7) is 0. The van der Waals surface area contributed by atoms with Gasteiger partial charge in [0.1, 0.15) is 11.9 Å². The van der Waals surface area contributed by atoms with Crippen molar-refractivity contribution in [2.24, 2.45) is 5.73 Å². The molecule has 3 nitrogen and oxygen atoms in total. The molecule has 1 aliphatic rings. The Hall–Kier alpha value is -1.52. The molecular weight excluding hydrogens is 244 g/mol. The Bertz CT molecular complexity index is 532. The lowest BCUT2D eigenvalue weighted by molar-refractivity contribution is 0.185. The van der Waals surface area contributed by atoms with Crippen LogP contribution in [0, 0.1) is 0 Å². The summed E-state index contributed by atoms with van der Waals surface area (Å²) >= 11 is 1.79. The van der Waals surface area contributed by atoms with E-state index < -0.39 is 0 Å². The number of rotatable bonds is 2. The summed E-state index contributed by atoms with van der Waals surface area (Å²) < 4.78 is 5.97. The number of fused-ring (bicyclic) bond motifs is 1. The van der Waals surface area contributed by atoms with E-state index in [1.807, 2.05) is 30.3 Å². The Balaban J connectivity index is 1.80. The van der Waals surface area contributed by atoms with Crippen molar-refractivity contribution in [1.29, 1.82) is 0 Å². The zero-order valence-electron chi connectivity index (χ0n) is 9.82. The minimum absolute atomic E-state index is 0.00546. The summed E-state index contributed by atoms with van der Waals surface area (Å²) in [5, 5.41) is 0. The van der Waals surface area contributed by atoms with Crippen molar-refractivity contribution in [3.05, 3.63) is 54.4 Å². The zero-order valence-corrected chi connectivity index (χ0v) is 10.6. The van der Waals surface area contributed by atoms with E-state index in [1.54, 1.807) is 24.2 Å². The monoisotopic (exact) mass is 258 g/mol. The number of benzene rings is 1. The number of hydrogen-bond donors (Lipinski definition) is 1. The highest BCUT2D eigenvalue weighted by molar-refractivity contribution is 7.99. The van der Waals surface area contributed by atoms with Crippen LogP contribution in [0.15, 0.2) is 53.7 Å². The van der Waals surface area contributed by atoms with Crippen LogP contribution in [0.3, 0.4) is 0 Å². The van der Waals surface area contributed by atoms with Gasteiger partial charge in [-0.05, 0) is 23.8 Å². The summed E-state index contributed by atoms with van der Waals surface area (Å²) in [4.78, 5) is 5.29. The van der Waals surface area contributed by atoms with Crippen molar-refractivity contribution in [2.75, 3.05) is 5.75 Å². The lowest BCUT2D eigenvalue weighted by Gasteiger charge is -2.29. The van der Waals surface area contributed by atoms with Gasteiger partial charge < -0.3 is 10.5 Å². The van der Waals surface area contributed by atoms with Crippen LogP contribution in [0.1, 0.15) is 11.6 Å². The van der Waals surface area contributed by atoms with Crippen molar-refractivity contribution < 1.29 is 4.74 Å². The fourth-order valence-electron chi connectivity index (χ4n) is 2.00. The predicted molar refractivity (Wildman–Crippen MR) is 72.7 cm³/mol. The molecule has 1 aromatic carbocycles. The lowest BCUT2D eigenvalue weighted by Crippen LogP contribution is -2.35. The second kappa shape index (κ2) is 5.00. The van der Waals surface area contributed by atoms with Crippen molar-refractivity contribution in [2.45, 2.75) is 17.0 Å². The molecule has 18 heavy (non-hydrogen) atoms. The number of hydrogen-bond acceptors (Lipinski definition) is 4. The standard InChI is InChI=1S/C14H14N2OS/c15-14(10-4-3-7-16-8-10)12-9-18-13-6-2-1-5-11(13)17-12/h1-8,12,14H,9,15H2. The molecule has 0 aliphatic carbocycles. The topological polar surface area (TPSA) is 48.1 Å². The molecule has 2 atom stereocenters. The van der Waals surface area contributed by atoms with Crippen LogP contribution in [-0.2, 0) is 0 Å². The maximum absolute atomic E-state index is 6.25. The molecule has 92 valence electrons. The summed E-state index contributed by atoms with van der Waals surface area (Å²) in [5.41, 5.74) is 7.26. The van der Waals surface area contributed by atoms with Crippen LogP contribution in [0.4, 0.5) is 0 Å². The van der Waals surface area contributed by atoms with Crippen molar-refractivity contribution in [3.8, 4) is 5.75 Å². The number of para-hydroxylation sites is 1. The van der Waals surface area contributed by atoms with E-state index in [2.05, 4.69) is 11.1 Å². The first-order chi connectivity index (χ1) is 8.84. The van der Waals surface area contributed by atoms with Gasteiger partial charge in [0.2, 0.25) is 0 Å². The average Bonchev–Trinajstić information content (AvgIpc) is 2.47. The number of thioether (sulfide) groups is 1. The molecule has 4 heteroatoms. The molecule has 2 aromatic rings. The van der Waals surface area contributed by atoms with Crippen LogP contribution in [-0.4, -0.2) is 16.8 Å². The van der Waals surface area contributed by atoms with Gasteiger partial charge in [0.25, 0.3) is 0 Å². The normalized spacial score (nSPS) is 19.7. The largest absolute Gasteiger partial charge is 0.486 e. The SMILES string of the molecule is NC(c1cccnc1)C1CSc2ccccc2O1. The molecule has 1 aromatic heterocycles. The Morgan fingerprint density at radius 1 is 1.28 bits per heavy atom. The first-order valence-electron chi connectivity index (χ1n) is 5.88. The maximum atomic E-state index is 6.25. The minimum atomic E-state index is -0.139. The Morgan fingerprint density at radius 3 is 3.00 bits per heavy atom. The molecule has 3 rings (SSSR count). The Morgan fingerprint density at radius 2 is 2.17 bits per heavy atom. The molecule has 2 unspecified atom stereocenters. The van der Waals surface area contributed by atoms with E-state index in [4.69, 9.17) is 10.5 Å². The first-order valence-corrected chi connectivity index (χ1v) is 6.87. The summed E-state index contributed by atoms with van der Waals surface area (Å²) in [6.07, 6.45) is 3.55. The third-order valence-electron chi connectivity index (χ3n) is 3.00. The van der Waals surface area contributed by atoms with Gasteiger partial charge in [-0.15, -0.1) is 11.8 Å². The molecule has 0 radical (unpaired) electrons. The van der Waals surface area contributed by atoms with Gasteiger partial charge >= 0.3 is 0 Å². The molecule has 0 saturated carbocycles. The zero-order chi connectivity index (χ0) is 12.4. The quantitative estimate of drug-likeness (QED) is 0.899. The smallest absolute Gasteiger partial charge is 0.133 e. The summed E-state index contributed by atoms with van der Waals surface area (Å²) in [6, 6.07) is 11.8. The first kappa shape index (κ1) is 11.6.